The van der Waals surface area contributed by atoms with E-state index in [4.69, 9.17) is 10.00 Å². The van der Waals surface area contributed by atoms with E-state index in [9.17, 15) is 5.26 Å². The molecule has 3 nitrogen and oxygen atoms in total. The Morgan fingerprint density at radius 2 is 1.85 bits per heavy atom. The van der Waals surface area contributed by atoms with Crippen molar-refractivity contribution in [1.82, 2.24) is 0 Å². The van der Waals surface area contributed by atoms with E-state index in [0.717, 1.165) is 10.5 Å². The summed E-state index contributed by atoms with van der Waals surface area (Å²) >= 11 is 1.52. The summed E-state index contributed by atoms with van der Waals surface area (Å²) in [5.74, 6) is 1.20. The van der Waals surface area contributed by atoms with Crippen molar-refractivity contribution in [1.29, 1.82) is 10.5 Å². The van der Waals surface area contributed by atoms with Crippen molar-refractivity contribution < 1.29 is 4.74 Å². The Morgan fingerprint density at radius 3 is 2.45 bits per heavy atom. The van der Waals surface area contributed by atoms with E-state index in [0.29, 0.717) is 23.5 Å². The van der Waals surface area contributed by atoms with Crippen LogP contribution in [0, 0.1) is 22.7 Å². The van der Waals surface area contributed by atoms with Crippen molar-refractivity contribution >= 4 is 11.8 Å². The largest absolute Gasteiger partial charge is 0.456 e. The molecule has 0 saturated heterocycles. The smallest absolute Gasteiger partial charge is 0.146 e. The summed E-state index contributed by atoms with van der Waals surface area (Å²) in [5.41, 5.74) is 1.49. The van der Waals surface area contributed by atoms with E-state index >= 15 is 0 Å². The Morgan fingerprint density at radius 1 is 1.10 bits per heavy atom. The van der Waals surface area contributed by atoms with Gasteiger partial charge in [0.05, 0.1) is 12.5 Å². The first-order chi connectivity index (χ1) is 9.78. The first-order valence-corrected chi connectivity index (χ1v) is 7.22. The molecule has 98 valence electrons. The molecule has 2 rings (SSSR count). The molecule has 0 heterocycles. The van der Waals surface area contributed by atoms with Gasteiger partial charge in [-0.15, -0.1) is 11.8 Å². The fraction of sp³-hybridized carbons (Fsp3) is 0.125. The fourth-order valence-corrected chi connectivity index (χ4v) is 2.33. The maximum absolute atomic E-state index is 9.24. The summed E-state index contributed by atoms with van der Waals surface area (Å²) < 4.78 is 5.76. The maximum atomic E-state index is 9.24. The minimum absolute atomic E-state index is 0.381. The first kappa shape index (κ1) is 14.0. The van der Waals surface area contributed by atoms with E-state index in [1.54, 1.807) is 18.2 Å². The van der Waals surface area contributed by atoms with Gasteiger partial charge in [-0.1, -0.05) is 18.2 Å². The zero-order valence-corrected chi connectivity index (χ0v) is 11.8. The molecule has 0 unspecified atom stereocenters. The van der Waals surface area contributed by atoms with Crippen molar-refractivity contribution in [3.05, 3.63) is 53.6 Å². The number of ether oxygens (including phenoxy) is 1. The SMILES string of the molecule is CSc1cccc(Oc2ccc(CC#N)cc2)c1C#N. The Kier molecular flexibility index (Phi) is 4.65. The van der Waals surface area contributed by atoms with Crippen molar-refractivity contribution in [2.24, 2.45) is 0 Å². The highest BCUT2D eigenvalue weighted by Crippen LogP contribution is 2.31. The number of nitrogens with zero attached hydrogens (tertiary/aromatic N) is 2. The quantitative estimate of drug-likeness (QED) is 0.790. The van der Waals surface area contributed by atoms with Crippen LogP contribution >= 0.6 is 11.8 Å². The molecule has 0 N–H and O–H groups in total. The van der Waals surface area contributed by atoms with Crippen LogP contribution < -0.4 is 4.74 Å². The van der Waals surface area contributed by atoms with Gasteiger partial charge < -0.3 is 4.74 Å². The Hall–Kier alpha value is -2.43. The van der Waals surface area contributed by atoms with Crippen molar-refractivity contribution in [3.8, 4) is 23.6 Å². The van der Waals surface area contributed by atoms with E-state index < -0.39 is 0 Å². The van der Waals surface area contributed by atoms with Crippen LogP contribution in [-0.2, 0) is 6.42 Å². The lowest BCUT2D eigenvalue weighted by Gasteiger charge is -2.09. The first-order valence-electron chi connectivity index (χ1n) is 5.99. The van der Waals surface area contributed by atoms with Gasteiger partial charge in [0.25, 0.3) is 0 Å². The predicted octanol–water partition coefficient (Wildman–Crippen LogP) is 4.14. The number of hydrogen-bond acceptors (Lipinski definition) is 4. The third-order valence-corrected chi connectivity index (χ3v) is 3.53. The van der Waals surface area contributed by atoms with Gasteiger partial charge in [0.1, 0.15) is 23.1 Å². The summed E-state index contributed by atoms with van der Waals surface area (Å²) in [5, 5.41) is 17.9. The average Bonchev–Trinajstić information content (AvgIpc) is 2.49. The molecule has 0 atom stereocenters. The van der Waals surface area contributed by atoms with Gasteiger partial charge in [0.2, 0.25) is 0 Å². The van der Waals surface area contributed by atoms with Crippen LogP contribution in [0.5, 0.6) is 11.5 Å². The Bertz CT molecular complexity index is 681. The zero-order chi connectivity index (χ0) is 14.4. The molecule has 0 aromatic heterocycles. The standard InChI is InChI=1S/C16H12N2OS/c1-20-16-4-2-3-15(14(16)11-18)19-13-7-5-12(6-8-13)9-10-17/h2-8H,9H2,1H3. The predicted molar refractivity (Wildman–Crippen MR) is 78.8 cm³/mol. The molecule has 0 fully saturated rings. The third kappa shape index (κ3) is 3.12. The molecule has 0 spiro atoms. The van der Waals surface area contributed by atoms with Crippen LogP contribution in [0.1, 0.15) is 11.1 Å². The second kappa shape index (κ2) is 6.65. The molecule has 2 aromatic carbocycles. The van der Waals surface area contributed by atoms with E-state index in [2.05, 4.69) is 12.1 Å². The van der Waals surface area contributed by atoms with E-state index in [1.807, 2.05) is 30.5 Å². The van der Waals surface area contributed by atoms with Gasteiger partial charge in [0, 0.05) is 4.90 Å². The summed E-state index contributed by atoms with van der Waals surface area (Å²) in [6.07, 6.45) is 2.31. The fourth-order valence-electron chi connectivity index (χ4n) is 1.77. The number of benzene rings is 2. The second-order valence-corrected chi connectivity index (χ2v) is 4.87. The van der Waals surface area contributed by atoms with Crippen LogP contribution in [0.25, 0.3) is 0 Å². The molecule has 2 aromatic rings. The summed E-state index contributed by atoms with van der Waals surface area (Å²) in [6, 6.07) is 17.1. The molecule has 0 aliphatic heterocycles. The maximum Gasteiger partial charge on any atom is 0.146 e. The minimum Gasteiger partial charge on any atom is -0.456 e. The van der Waals surface area contributed by atoms with Gasteiger partial charge in [-0.25, -0.2) is 0 Å². The lowest BCUT2D eigenvalue weighted by molar-refractivity contribution is 0.479. The normalized spacial score (nSPS) is 9.55. The zero-order valence-electron chi connectivity index (χ0n) is 11.0. The van der Waals surface area contributed by atoms with Gasteiger partial charge in [0.15, 0.2) is 0 Å². The molecule has 0 aliphatic rings. The second-order valence-electron chi connectivity index (χ2n) is 4.03. The Labute approximate surface area is 122 Å². The van der Waals surface area contributed by atoms with Crippen molar-refractivity contribution in [2.45, 2.75) is 11.3 Å². The monoisotopic (exact) mass is 280 g/mol. The van der Waals surface area contributed by atoms with Crippen LogP contribution in [-0.4, -0.2) is 6.26 Å². The minimum atomic E-state index is 0.381. The number of thioether (sulfide) groups is 1. The number of nitriles is 2. The Balaban J connectivity index is 2.26. The highest BCUT2D eigenvalue weighted by atomic mass is 32.2. The van der Waals surface area contributed by atoms with Crippen LogP contribution in [0.4, 0.5) is 0 Å². The van der Waals surface area contributed by atoms with Gasteiger partial charge in [-0.05, 0) is 36.1 Å². The van der Waals surface area contributed by atoms with Gasteiger partial charge in [-0.2, -0.15) is 10.5 Å². The van der Waals surface area contributed by atoms with Gasteiger partial charge >= 0.3 is 0 Å². The van der Waals surface area contributed by atoms with Gasteiger partial charge in [-0.3, -0.25) is 0 Å². The molecule has 0 bridgehead atoms. The summed E-state index contributed by atoms with van der Waals surface area (Å²) in [7, 11) is 0. The summed E-state index contributed by atoms with van der Waals surface area (Å²) in [4.78, 5) is 0.895. The molecule has 0 saturated carbocycles. The molecule has 20 heavy (non-hydrogen) atoms. The molecule has 0 radical (unpaired) electrons. The van der Waals surface area contributed by atoms with E-state index in [-0.39, 0.29) is 0 Å². The molecular formula is C16H12N2OS. The lowest BCUT2D eigenvalue weighted by Crippen LogP contribution is -1.91. The van der Waals surface area contributed by atoms with Crippen LogP contribution in [0.15, 0.2) is 47.4 Å². The third-order valence-electron chi connectivity index (χ3n) is 2.75. The molecule has 4 heteroatoms. The number of rotatable bonds is 4. The van der Waals surface area contributed by atoms with Crippen LogP contribution in [0.2, 0.25) is 0 Å². The highest BCUT2D eigenvalue weighted by Gasteiger charge is 2.09. The number of hydrogen-bond donors (Lipinski definition) is 0. The molecule has 0 amide bonds. The molecular weight excluding hydrogens is 268 g/mol. The average molecular weight is 280 g/mol. The van der Waals surface area contributed by atoms with Crippen molar-refractivity contribution in [3.63, 3.8) is 0 Å². The molecule has 0 aliphatic carbocycles. The lowest BCUT2D eigenvalue weighted by atomic mass is 10.1. The topological polar surface area (TPSA) is 56.8 Å². The van der Waals surface area contributed by atoms with Crippen LogP contribution in [0.3, 0.4) is 0 Å². The van der Waals surface area contributed by atoms with Crippen molar-refractivity contribution in [2.75, 3.05) is 6.26 Å². The van der Waals surface area contributed by atoms with E-state index in [1.165, 1.54) is 11.8 Å². The summed E-state index contributed by atoms with van der Waals surface area (Å²) in [6.45, 7) is 0. The highest BCUT2D eigenvalue weighted by molar-refractivity contribution is 7.98.